The minimum Gasteiger partial charge on any atom is -0.408 e. The number of aromatic nitrogens is 4. The van der Waals surface area contributed by atoms with Gasteiger partial charge in [0.25, 0.3) is 19.4 Å². The van der Waals surface area contributed by atoms with Crippen molar-refractivity contribution >= 4 is 61.9 Å². The molecule has 6 N–H and O–H groups in total. The Morgan fingerprint density at radius 1 is 0.649 bits per heavy atom. The van der Waals surface area contributed by atoms with Crippen molar-refractivity contribution in [2.75, 3.05) is 6.61 Å². The molecule has 2 unspecified atom stereocenters. The largest absolute Gasteiger partial charge is 0.408 e. The number of rotatable bonds is 17. The van der Waals surface area contributed by atoms with Gasteiger partial charge in [-0.05, 0) is 68.5 Å². The van der Waals surface area contributed by atoms with Gasteiger partial charge in [0.05, 0.1) is 14.7 Å². The Morgan fingerprint density at radius 3 is 1.48 bits per heavy atom. The second-order valence-corrected chi connectivity index (χ2v) is 48.2. The van der Waals surface area contributed by atoms with Crippen molar-refractivity contribution in [3.8, 4) is 0 Å². The molecule has 2 aliphatic heterocycles. The van der Waals surface area contributed by atoms with Crippen molar-refractivity contribution in [1.82, 2.24) is 19.1 Å². The lowest BCUT2D eigenvalue weighted by molar-refractivity contribution is -0.239. The fourth-order valence-electron chi connectivity index (χ4n) is 9.61. The Labute approximate surface area is 460 Å². The van der Waals surface area contributed by atoms with Crippen LogP contribution in [0.15, 0.2) is 104 Å². The SMILES string of the molecule is CC(C)(C)[Si](C)(C)O[C@@H]1[C@@H](CO[Si](c2ccccc2)(c2ccccc2)C(C)(C)C)O[C@@H](n2ccc(=O)[nH]c2=O)[C@@]1(O)OP(O)(=S)OC(O)[C@H]1O[C@@H](n2ccc(=O)[nH]c2=O)[C@@](O)([Si](C)(C)C(C)(C)C)[C@@H]1O[Si](C)(C)C(C)(C)C. The van der Waals surface area contributed by atoms with E-state index in [-0.39, 0.29) is 6.61 Å². The zero-order valence-corrected chi connectivity index (χ0v) is 53.6. The summed E-state index contributed by atoms with van der Waals surface area (Å²) in [4.78, 5) is 69.6. The van der Waals surface area contributed by atoms with Gasteiger partial charge in [0.2, 0.25) is 5.79 Å². The molecule has 0 spiro atoms. The lowest BCUT2D eigenvalue weighted by atomic mass is 10.1. The second-order valence-electron chi connectivity index (χ2n) is 26.1. The number of aliphatic hydroxyl groups excluding tert-OH is 1. The lowest BCUT2D eigenvalue weighted by Gasteiger charge is -2.53. The Bertz CT molecular complexity index is 2980. The van der Waals surface area contributed by atoms with Gasteiger partial charge in [0, 0.05) is 24.5 Å². The number of aliphatic hydroxyl groups is 3. The molecule has 0 saturated carbocycles. The maximum Gasteiger partial charge on any atom is 0.330 e. The van der Waals surface area contributed by atoms with E-state index >= 15 is 0 Å². The Morgan fingerprint density at radius 2 is 1.08 bits per heavy atom. The van der Waals surface area contributed by atoms with E-state index in [1.165, 1.54) is 6.20 Å². The van der Waals surface area contributed by atoms with Crippen molar-refractivity contribution in [1.29, 1.82) is 0 Å². The molecule has 4 heterocycles. The molecule has 0 bridgehead atoms. The molecule has 10 atom stereocenters. The number of aromatic amines is 2. The Kier molecular flexibility index (Phi) is 17.7. The third-order valence-electron chi connectivity index (χ3n) is 17.0. The molecular weight excluding hydrogens is 1100 g/mol. The normalized spacial score (nSPS) is 26.4. The number of hydrogen-bond acceptors (Lipinski definition) is 15. The summed E-state index contributed by atoms with van der Waals surface area (Å²) < 4.78 is 49.2. The number of H-pyrrole nitrogens is 2. The first-order valence-corrected chi connectivity index (χ1v) is 39.2. The first-order chi connectivity index (χ1) is 35.0. The Balaban J connectivity index is 1.52. The summed E-state index contributed by atoms with van der Waals surface area (Å²) in [6.45, 7) is 30.1. The molecule has 2 aliphatic rings. The van der Waals surface area contributed by atoms with E-state index < -0.39 is 137 Å². The third kappa shape index (κ3) is 12.0. The molecule has 4 aromatic rings. The molecule has 0 aliphatic carbocycles. The number of nitrogens with one attached hydrogen (secondary N) is 2. The second kappa shape index (κ2) is 21.6. The summed E-state index contributed by atoms with van der Waals surface area (Å²) in [6.07, 6.45) is -9.71. The summed E-state index contributed by atoms with van der Waals surface area (Å²) in [5.74, 6) is -2.97. The molecule has 77 heavy (non-hydrogen) atoms. The number of nitrogens with zero attached hydrogens (tertiary/aromatic N) is 2. The van der Waals surface area contributed by atoms with E-state index in [2.05, 4.69) is 30.7 Å². The van der Waals surface area contributed by atoms with Gasteiger partial charge in [-0.2, -0.15) is 0 Å². The fourth-order valence-corrected chi connectivity index (χ4v) is 21.5. The molecule has 2 aromatic heterocycles. The monoisotopic (exact) mass is 1180 g/mol. The zero-order valence-electron chi connectivity index (χ0n) is 47.9. The summed E-state index contributed by atoms with van der Waals surface area (Å²) in [7, 11) is -12.8. The molecule has 25 heteroatoms. The quantitative estimate of drug-likeness (QED) is 0.0387. The van der Waals surface area contributed by atoms with Gasteiger partial charge in [-0.25, -0.2) is 9.59 Å². The van der Waals surface area contributed by atoms with Crippen LogP contribution in [0.3, 0.4) is 0 Å². The molecule has 2 saturated heterocycles. The first-order valence-electron chi connectivity index (χ1n) is 25.9. The third-order valence-corrected chi connectivity index (χ3v) is 38.7. The van der Waals surface area contributed by atoms with Gasteiger partial charge in [-0.3, -0.25) is 37.7 Å². The summed E-state index contributed by atoms with van der Waals surface area (Å²) >= 11 is 5.78. The van der Waals surface area contributed by atoms with Crippen LogP contribution in [0.1, 0.15) is 95.5 Å². The van der Waals surface area contributed by atoms with Crippen LogP contribution >= 0.6 is 6.72 Å². The van der Waals surface area contributed by atoms with Crippen molar-refractivity contribution in [3.63, 3.8) is 0 Å². The predicted octanol–water partition coefficient (Wildman–Crippen LogP) is 6.27. The molecule has 2 aromatic carbocycles. The predicted molar refractivity (Wildman–Crippen MR) is 310 cm³/mol. The average molecular weight is 1180 g/mol. The maximum absolute atomic E-state index is 13.9. The van der Waals surface area contributed by atoms with Crippen LogP contribution in [-0.2, 0) is 43.6 Å². The minimum absolute atomic E-state index is 0.273. The highest BCUT2D eigenvalue weighted by Crippen LogP contribution is 2.59. The molecule has 6 rings (SSSR count). The van der Waals surface area contributed by atoms with E-state index in [9.17, 15) is 39.4 Å². The van der Waals surface area contributed by atoms with Crippen LogP contribution in [0, 0.1) is 0 Å². The minimum atomic E-state index is -5.12. The molecule has 19 nitrogen and oxygen atoms in total. The van der Waals surface area contributed by atoms with E-state index in [4.69, 9.17) is 43.6 Å². The number of hydrogen-bond donors (Lipinski definition) is 6. The van der Waals surface area contributed by atoms with Crippen molar-refractivity contribution in [2.45, 2.75) is 197 Å². The van der Waals surface area contributed by atoms with Crippen LogP contribution < -0.4 is 32.9 Å². The van der Waals surface area contributed by atoms with Crippen LogP contribution in [-0.4, -0.2) is 121 Å². The fraction of sp³-hybridized carbons (Fsp3) is 0.615. The maximum atomic E-state index is 13.9. The van der Waals surface area contributed by atoms with Gasteiger partial charge in [0.1, 0.15) is 29.6 Å². The van der Waals surface area contributed by atoms with Gasteiger partial charge in [-0.1, -0.05) is 157 Å². The van der Waals surface area contributed by atoms with Crippen LogP contribution in [0.5, 0.6) is 0 Å². The van der Waals surface area contributed by atoms with E-state index in [0.29, 0.717) is 0 Å². The highest BCUT2D eigenvalue weighted by molar-refractivity contribution is 8.07. The molecule has 2 fully saturated rings. The van der Waals surface area contributed by atoms with E-state index in [1.807, 2.05) is 162 Å². The van der Waals surface area contributed by atoms with Crippen molar-refractivity contribution in [2.24, 2.45) is 0 Å². The number of ether oxygens (including phenoxy) is 2. The highest BCUT2D eigenvalue weighted by Gasteiger charge is 2.71. The van der Waals surface area contributed by atoms with Crippen LogP contribution in [0.2, 0.25) is 59.4 Å². The Hall–Kier alpha value is -3.12. The lowest BCUT2D eigenvalue weighted by Crippen LogP contribution is -2.70. The van der Waals surface area contributed by atoms with Gasteiger partial charge in [-0.15, -0.1) is 0 Å². The molecule has 0 radical (unpaired) electrons. The van der Waals surface area contributed by atoms with Crippen molar-refractivity contribution < 1.29 is 52.0 Å². The van der Waals surface area contributed by atoms with E-state index in [1.54, 1.807) is 0 Å². The zero-order chi connectivity index (χ0) is 58.1. The molecule has 428 valence electrons. The summed E-state index contributed by atoms with van der Waals surface area (Å²) in [6, 6.07) is 21.8. The van der Waals surface area contributed by atoms with E-state index in [0.717, 1.165) is 37.8 Å². The standard InChI is InChI=1S/C52H83N4O15PSSi4/c1-47(2,3)74(13,14)52(63)41(70-76(17,18)49(7,8)9)39(67-44(52)56-32-30-38(58)54-46(56)61)42(59)68-72(64,73)71-51(62)40(69-75(15,16)48(4,5)6)36(66-43(51)55-31-29-37(57)53-45(55)60)33-65-77(50(10,11)12,34-25-21-19-22-26-34)35-27-23-20-24-28-35/h19-32,36,39-44,59,62-63H,33H2,1-18H3,(H,64,73)(H,53,57,60)(H,54,58,61)/t36-,39+,40-,41-,42?,43-,44-,51+,52+,72?/m1/s1. The average Bonchev–Trinajstić information content (AvgIpc) is 3.71. The summed E-state index contributed by atoms with van der Waals surface area (Å²) in [5.41, 5.74) is -3.38. The van der Waals surface area contributed by atoms with Crippen molar-refractivity contribution in [3.05, 3.63) is 127 Å². The van der Waals surface area contributed by atoms with Gasteiger partial charge in [0.15, 0.2) is 35.4 Å². The van der Waals surface area contributed by atoms with Crippen LogP contribution in [0.25, 0.3) is 0 Å². The molecular formula is C52H83N4O15PSSi4. The number of benzene rings is 2. The van der Waals surface area contributed by atoms with Gasteiger partial charge < -0.3 is 43.0 Å². The first kappa shape index (κ1) is 63.1. The highest BCUT2D eigenvalue weighted by atomic mass is 32.5. The van der Waals surface area contributed by atoms with Crippen LogP contribution in [0.4, 0.5) is 0 Å². The smallest absolute Gasteiger partial charge is 0.330 e. The van der Waals surface area contributed by atoms with Gasteiger partial charge >= 0.3 is 18.1 Å². The summed E-state index contributed by atoms with van der Waals surface area (Å²) in [5, 5.41) is 37.3. The molecule has 0 amide bonds. The topological polar surface area (TPSA) is 255 Å².